The largest absolute Gasteiger partial charge is 0.489 e. The first kappa shape index (κ1) is 15.4. The number of fused-ring (bicyclic) bond motifs is 4. The van der Waals surface area contributed by atoms with Gasteiger partial charge in [-0.2, -0.15) is 5.26 Å². The average molecular weight is 352 g/mol. The minimum Gasteiger partial charge on any atom is -0.489 e. The summed E-state index contributed by atoms with van der Waals surface area (Å²) < 4.78 is 11.1. The highest BCUT2D eigenvalue weighted by Crippen LogP contribution is 2.33. The predicted octanol–water partition coefficient (Wildman–Crippen LogP) is 4.29. The molecule has 0 bridgehead atoms. The monoisotopic (exact) mass is 352 g/mol. The molecule has 0 radical (unpaired) electrons. The van der Waals surface area contributed by atoms with Gasteiger partial charge in [-0.05, 0) is 42.5 Å². The van der Waals surface area contributed by atoms with E-state index in [2.05, 4.69) is 11.1 Å². The quantitative estimate of drug-likeness (QED) is 0.478. The first-order valence-electron chi connectivity index (χ1n) is 8.45. The molecule has 0 atom stereocenters. The van der Waals surface area contributed by atoms with Gasteiger partial charge in [-0.25, -0.2) is 9.78 Å². The molecule has 0 fully saturated rings. The second-order valence-electron chi connectivity index (χ2n) is 6.24. The fourth-order valence-electron chi connectivity index (χ4n) is 3.35. The molecule has 3 heterocycles. The summed E-state index contributed by atoms with van der Waals surface area (Å²) >= 11 is 0. The van der Waals surface area contributed by atoms with Crippen LogP contribution in [-0.4, -0.2) is 11.6 Å². The number of rotatable bonds is 1. The number of benzene rings is 2. The Balaban J connectivity index is 1.85. The average Bonchev–Trinajstić information content (AvgIpc) is 2.72. The summed E-state index contributed by atoms with van der Waals surface area (Å²) in [6.45, 7) is 0.510. The molecule has 0 saturated heterocycles. The van der Waals surface area contributed by atoms with Crippen LogP contribution in [0.25, 0.3) is 39.2 Å². The topological polar surface area (TPSA) is 76.1 Å². The van der Waals surface area contributed by atoms with Crippen molar-refractivity contribution in [2.75, 3.05) is 6.61 Å². The van der Waals surface area contributed by atoms with Crippen molar-refractivity contribution in [3.05, 3.63) is 76.2 Å². The number of nitriles is 1. The number of hydrogen-bond acceptors (Lipinski definition) is 5. The summed E-state index contributed by atoms with van der Waals surface area (Å²) in [5.74, 6) is 0.735. The maximum absolute atomic E-state index is 12.6. The fraction of sp³-hybridized carbons (Fsp3) is 0.0455. The lowest BCUT2D eigenvalue weighted by Gasteiger charge is -2.15. The van der Waals surface area contributed by atoms with Gasteiger partial charge < -0.3 is 9.15 Å². The van der Waals surface area contributed by atoms with Crippen molar-refractivity contribution < 1.29 is 9.15 Å². The van der Waals surface area contributed by atoms with Crippen LogP contribution in [0.3, 0.4) is 0 Å². The van der Waals surface area contributed by atoms with Gasteiger partial charge in [-0.1, -0.05) is 18.2 Å². The van der Waals surface area contributed by atoms with Crippen molar-refractivity contribution >= 4 is 27.9 Å². The normalized spacial score (nSPS) is 12.6. The number of para-hydroxylation sites is 1. The molecule has 0 aliphatic carbocycles. The zero-order valence-electron chi connectivity index (χ0n) is 14.1. The fourth-order valence-corrected chi connectivity index (χ4v) is 3.35. The van der Waals surface area contributed by atoms with Gasteiger partial charge in [-0.3, -0.25) is 0 Å². The molecule has 2 aromatic carbocycles. The van der Waals surface area contributed by atoms with Gasteiger partial charge in [0, 0.05) is 16.3 Å². The molecular formula is C22H12N2O3. The summed E-state index contributed by atoms with van der Waals surface area (Å²) in [6.07, 6.45) is 3.86. The Morgan fingerprint density at radius 3 is 2.85 bits per heavy atom. The van der Waals surface area contributed by atoms with E-state index >= 15 is 0 Å². The second kappa shape index (κ2) is 5.82. The van der Waals surface area contributed by atoms with Crippen LogP contribution in [0.15, 0.2) is 63.8 Å². The first-order chi connectivity index (χ1) is 13.2. The van der Waals surface area contributed by atoms with Crippen molar-refractivity contribution in [2.24, 2.45) is 0 Å². The molecule has 0 N–H and O–H groups in total. The Morgan fingerprint density at radius 1 is 1.07 bits per heavy atom. The molecule has 2 aromatic heterocycles. The van der Waals surface area contributed by atoms with Crippen LogP contribution < -0.4 is 10.4 Å². The molecule has 0 saturated carbocycles. The number of aromatic nitrogens is 1. The van der Waals surface area contributed by atoms with Gasteiger partial charge >= 0.3 is 5.63 Å². The Bertz CT molecular complexity index is 1360. The predicted molar refractivity (Wildman–Crippen MR) is 102 cm³/mol. The minimum absolute atomic E-state index is 0.269. The zero-order valence-corrected chi connectivity index (χ0v) is 14.1. The molecule has 5 heteroatoms. The van der Waals surface area contributed by atoms with Crippen LogP contribution in [0.2, 0.25) is 0 Å². The lowest BCUT2D eigenvalue weighted by molar-refractivity contribution is 0.359. The molecule has 0 amide bonds. The summed E-state index contributed by atoms with van der Waals surface area (Å²) in [5.41, 5.74) is 2.42. The van der Waals surface area contributed by atoms with Crippen molar-refractivity contribution in [1.82, 2.24) is 4.98 Å². The standard InChI is InChI=1S/C22H12N2O3/c23-12-15-10-14-7-8-19-16(5-3-9-26-19)20(14)24-21(15)17-11-13-4-1-2-6-18(13)27-22(17)25/h1-8,10-11H,9H2. The third kappa shape index (κ3) is 2.39. The van der Waals surface area contributed by atoms with E-state index in [1.54, 1.807) is 24.3 Å². The Hall–Kier alpha value is -3.91. The maximum atomic E-state index is 12.6. The van der Waals surface area contributed by atoms with Gasteiger partial charge in [0.15, 0.2) is 0 Å². The maximum Gasteiger partial charge on any atom is 0.345 e. The van der Waals surface area contributed by atoms with Gasteiger partial charge in [-0.15, -0.1) is 0 Å². The van der Waals surface area contributed by atoms with E-state index in [0.29, 0.717) is 29.0 Å². The molecule has 128 valence electrons. The van der Waals surface area contributed by atoms with Crippen LogP contribution in [0.4, 0.5) is 0 Å². The van der Waals surface area contributed by atoms with Gasteiger partial charge in [0.1, 0.15) is 24.0 Å². The summed E-state index contributed by atoms with van der Waals surface area (Å²) in [5, 5.41) is 11.2. The highest BCUT2D eigenvalue weighted by Gasteiger charge is 2.18. The van der Waals surface area contributed by atoms with Crippen LogP contribution in [0.5, 0.6) is 5.75 Å². The number of pyridine rings is 1. The Kier molecular flexibility index (Phi) is 3.31. The summed E-state index contributed by atoms with van der Waals surface area (Å²) in [6, 6.07) is 16.6. The highest BCUT2D eigenvalue weighted by atomic mass is 16.5. The molecule has 0 spiro atoms. The van der Waals surface area contributed by atoms with Gasteiger partial charge in [0.05, 0.1) is 22.3 Å². The molecule has 4 aromatic rings. The van der Waals surface area contributed by atoms with E-state index in [1.807, 2.05) is 36.4 Å². The van der Waals surface area contributed by atoms with Crippen LogP contribution >= 0.6 is 0 Å². The van der Waals surface area contributed by atoms with E-state index in [9.17, 15) is 10.1 Å². The Labute approximate surface area is 153 Å². The van der Waals surface area contributed by atoms with Crippen LogP contribution in [-0.2, 0) is 0 Å². The van der Waals surface area contributed by atoms with E-state index < -0.39 is 5.63 Å². The van der Waals surface area contributed by atoms with Crippen LogP contribution in [0, 0.1) is 11.3 Å². The van der Waals surface area contributed by atoms with Crippen LogP contribution in [0.1, 0.15) is 11.1 Å². The van der Waals surface area contributed by atoms with Crippen molar-refractivity contribution in [3.63, 3.8) is 0 Å². The van der Waals surface area contributed by atoms with E-state index in [1.165, 1.54) is 0 Å². The Morgan fingerprint density at radius 2 is 1.96 bits per heavy atom. The number of ether oxygens (including phenoxy) is 1. The molecule has 0 unspecified atom stereocenters. The van der Waals surface area contributed by atoms with Crippen molar-refractivity contribution in [1.29, 1.82) is 5.26 Å². The van der Waals surface area contributed by atoms with E-state index in [-0.39, 0.29) is 5.56 Å². The second-order valence-corrected chi connectivity index (χ2v) is 6.24. The van der Waals surface area contributed by atoms with E-state index in [0.717, 1.165) is 22.1 Å². The van der Waals surface area contributed by atoms with E-state index in [4.69, 9.17) is 9.15 Å². The van der Waals surface area contributed by atoms with Gasteiger partial charge in [0.25, 0.3) is 0 Å². The SMILES string of the molecule is N#Cc1cc2ccc3c(c2nc1-c1cc2ccccc2oc1=O)C=CCO3. The zero-order chi connectivity index (χ0) is 18.4. The first-order valence-corrected chi connectivity index (χ1v) is 8.45. The molecular weight excluding hydrogens is 340 g/mol. The number of nitrogens with zero attached hydrogens (tertiary/aromatic N) is 2. The molecule has 27 heavy (non-hydrogen) atoms. The molecule has 5 rings (SSSR count). The third-order valence-corrected chi connectivity index (χ3v) is 4.62. The lowest BCUT2D eigenvalue weighted by atomic mass is 10.0. The highest BCUT2D eigenvalue weighted by molar-refractivity contribution is 5.94. The number of hydrogen-bond donors (Lipinski definition) is 0. The van der Waals surface area contributed by atoms with Crippen molar-refractivity contribution in [3.8, 4) is 23.1 Å². The molecule has 1 aliphatic heterocycles. The summed E-state index contributed by atoms with van der Waals surface area (Å²) in [4.78, 5) is 17.3. The third-order valence-electron chi connectivity index (χ3n) is 4.62. The van der Waals surface area contributed by atoms with Crippen molar-refractivity contribution in [2.45, 2.75) is 0 Å². The molecule has 5 nitrogen and oxygen atoms in total. The molecule has 1 aliphatic rings. The minimum atomic E-state index is -0.520. The lowest BCUT2D eigenvalue weighted by Crippen LogP contribution is -2.07. The smallest absolute Gasteiger partial charge is 0.345 e. The van der Waals surface area contributed by atoms with Gasteiger partial charge in [0.2, 0.25) is 0 Å². The summed E-state index contributed by atoms with van der Waals surface area (Å²) in [7, 11) is 0.